The summed E-state index contributed by atoms with van der Waals surface area (Å²) in [6.45, 7) is 0. The largest absolute Gasteiger partial charge is 0.456 e. The van der Waals surface area contributed by atoms with Crippen molar-refractivity contribution in [1.29, 1.82) is 0 Å². The second-order valence-corrected chi connectivity index (χ2v) is 13.9. The highest BCUT2D eigenvalue weighted by atomic mass is 16.3. The van der Waals surface area contributed by atoms with E-state index in [1.54, 1.807) is 0 Å². The number of hydrogen-bond acceptors (Lipinski definition) is 5. The van der Waals surface area contributed by atoms with E-state index in [4.69, 9.17) is 23.8 Å². The number of allylic oxidation sites excluding steroid dienone is 4. The zero-order valence-electron chi connectivity index (χ0n) is 29.1. The molecule has 10 aromatic rings. The highest BCUT2D eigenvalue weighted by molar-refractivity contribution is 6.18. The molecular formula is C49H31N3O2. The van der Waals surface area contributed by atoms with E-state index in [1.165, 1.54) is 10.9 Å². The van der Waals surface area contributed by atoms with Crippen LogP contribution in [0.1, 0.15) is 18.2 Å². The van der Waals surface area contributed by atoms with Crippen LogP contribution in [0.15, 0.2) is 179 Å². The molecule has 7 aromatic carbocycles. The second kappa shape index (κ2) is 12.2. The molecule has 1 unspecified atom stereocenters. The maximum Gasteiger partial charge on any atom is 0.164 e. The van der Waals surface area contributed by atoms with Gasteiger partial charge in [-0.15, -0.1) is 0 Å². The minimum atomic E-state index is 0.0450. The monoisotopic (exact) mass is 693 g/mol. The Morgan fingerprint density at radius 3 is 1.89 bits per heavy atom. The quantitative estimate of drug-likeness (QED) is 0.179. The van der Waals surface area contributed by atoms with Crippen molar-refractivity contribution in [2.75, 3.05) is 0 Å². The van der Waals surface area contributed by atoms with Crippen LogP contribution in [0, 0.1) is 0 Å². The molecule has 1 aliphatic rings. The van der Waals surface area contributed by atoms with Gasteiger partial charge < -0.3 is 8.83 Å². The number of aromatic nitrogens is 3. The van der Waals surface area contributed by atoms with Crippen molar-refractivity contribution in [1.82, 2.24) is 15.0 Å². The predicted molar refractivity (Wildman–Crippen MR) is 219 cm³/mol. The standard InChI is InChI=1S/C49H31N3O2/c1-3-11-30(12-4-1)31-21-23-33(24-22-31)48-50-47(32-13-5-2-6-14-32)51-49(52-48)38-18-10-20-43-46(38)45-37(17-9-19-42(45)54-43)36-25-26-41-39(28-36)40-27-34-15-7-8-16-35(34)29-44(40)53-41/h1-13,15-29,32H,14H2. The lowest BCUT2D eigenvalue weighted by molar-refractivity contribution is 0.669. The first-order valence-electron chi connectivity index (χ1n) is 18.3. The van der Waals surface area contributed by atoms with Crippen LogP contribution in [-0.4, -0.2) is 15.0 Å². The molecule has 1 aliphatic carbocycles. The van der Waals surface area contributed by atoms with Gasteiger partial charge in [-0.2, -0.15) is 0 Å². The molecule has 5 nitrogen and oxygen atoms in total. The molecule has 254 valence electrons. The molecule has 0 radical (unpaired) electrons. The van der Waals surface area contributed by atoms with Gasteiger partial charge in [-0.1, -0.05) is 133 Å². The Labute approximate surface area is 310 Å². The number of benzene rings is 7. The van der Waals surface area contributed by atoms with Crippen molar-refractivity contribution in [2.24, 2.45) is 0 Å². The van der Waals surface area contributed by atoms with E-state index in [-0.39, 0.29) is 5.92 Å². The Balaban J connectivity index is 1.10. The first-order chi connectivity index (χ1) is 26.7. The Kier molecular flexibility index (Phi) is 6.92. The van der Waals surface area contributed by atoms with Crippen molar-refractivity contribution >= 4 is 54.6 Å². The van der Waals surface area contributed by atoms with Gasteiger partial charge in [0.25, 0.3) is 0 Å². The molecule has 0 N–H and O–H groups in total. The van der Waals surface area contributed by atoms with Crippen LogP contribution < -0.4 is 0 Å². The molecule has 0 aliphatic heterocycles. The van der Waals surface area contributed by atoms with Crippen molar-refractivity contribution in [2.45, 2.75) is 12.3 Å². The van der Waals surface area contributed by atoms with E-state index in [0.717, 1.165) is 89.3 Å². The number of furan rings is 2. The fourth-order valence-corrected chi connectivity index (χ4v) is 7.95. The molecule has 0 spiro atoms. The molecular weight excluding hydrogens is 663 g/mol. The molecule has 0 saturated carbocycles. The summed E-state index contributed by atoms with van der Waals surface area (Å²) in [5.74, 6) is 2.06. The lowest BCUT2D eigenvalue weighted by Crippen LogP contribution is -2.08. The smallest absolute Gasteiger partial charge is 0.164 e. The summed E-state index contributed by atoms with van der Waals surface area (Å²) < 4.78 is 12.9. The number of rotatable bonds is 5. The van der Waals surface area contributed by atoms with E-state index >= 15 is 0 Å². The van der Waals surface area contributed by atoms with Crippen LogP contribution in [0.4, 0.5) is 0 Å². The Morgan fingerprint density at radius 2 is 1.09 bits per heavy atom. The van der Waals surface area contributed by atoms with E-state index in [1.807, 2.05) is 24.3 Å². The molecule has 3 aromatic heterocycles. The van der Waals surface area contributed by atoms with Gasteiger partial charge >= 0.3 is 0 Å². The van der Waals surface area contributed by atoms with Gasteiger partial charge in [0.05, 0.1) is 0 Å². The van der Waals surface area contributed by atoms with Crippen molar-refractivity contribution in [3.8, 4) is 45.0 Å². The normalized spacial score (nSPS) is 14.3. The third-order valence-corrected chi connectivity index (χ3v) is 10.6. The number of nitrogens with zero attached hydrogens (tertiary/aromatic N) is 3. The molecule has 0 saturated heterocycles. The molecule has 3 heterocycles. The lowest BCUT2D eigenvalue weighted by Gasteiger charge is -2.15. The van der Waals surface area contributed by atoms with E-state index in [0.29, 0.717) is 11.6 Å². The van der Waals surface area contributed by atoms with Gasteiger partial charge in [-0.05, 0) is 75.8 Å². The van der Waals surface area contributed by atoms with Crippen molar-refractivity contribution in [3.05, 3.63) is 176 Å². The van der Waals surface area contributed by atoms with Gasteiger partial charge in [0.1, 0.15) is 28.2 Å². The average Bonchev–Trinajstić information content (AvgIpc) is 3.81. The van der Waals surface area contributed by atoms with Crippen LogP contribution >= 0.6 is 0 Å². The summed E-state index contributed by atoms with van der Waals surface area (Å²) in [4.78, 5) is 15.5. The zero-order valence-corrected chi connectivity index (χ0v) is 29.1. The van der Waals surface area contributed by atoms with Gasteiger partial charge in [0.2, 0.25) is 0 Å². The summed E-state index contributed by atoms with van der Waals surface area (Å²) in [6, 6.07) is 50.5. The molecule has 0 amide bonds. The Morgan fingerprint density at radius 1 is 0.444 bits per heavy atom. The molecule has 54 heavy (non-hydrogen) atoms. The maximum absolute atomic E-state index is 6.57. The predicted octanol–water partition coefficient (Wildman–Crippen LogP) is 13.1. The SMILES string of the molecule is C1=CCC(c2nc(-c3ccc(-c4ccccc4)cc3)nc(-c3cccc4oc5cccc(-c6ccc7oc8cc9ccccc9cc8c7c6)c5c34)n2)C=C1. The van der Waals surface area contributed by atoms with Gasteiger partial charge in [-0.3, -0.25) is 0 Å². The lowest BCUT2D eigenvalue weighted by atomic mass is 9.95. The minimum absolute atomic E-state index is 0.0450. The van der Waals surface area contributed by atoms with Crippen LogP contribution in [0.25, 0.3) is 99.7 Å². The fraction of sp³-hybridized carbons (Fsp3) is 0.0408. The van der Waals surface area contributed by atoms with Gasteiger partial charge in [-0.25, -0.2) is 15.0 Å². The third-order valence-electron chi connectivity index (χ3n) is 10.6. The summed E-state index contributed by atoms with van der Waals surface area (Å²) >= 11 is 0. The van der Waals surface area contributed by atoms with Crippen LogP contribution in [0.3, 0.4) is 0 Å². The first-order valence-corrected chi connectivity index (χ1v) is 18.3. The summed E-state index contributed by atoms with van der Waals surface area (Å²) in [5, 5.41) is 6.54. The highest BCUT2D eigenvalue weighted by Crippen LogP contribution is 2.43. The second-order valence-electron chi connectivity index (χ2n) is 13.9. The van der Waals surface area contributed by atoms with Gasteiger partial charge in [0.15, 0.2) is 11.6 Å². The first kappa shape index (κ1) is 30.5. The number of fused-ring (bicyclic) bond motifs is 7. The third kappa shape index (κ3) is 5.05. The molecule has 1 atom stereocenters. The summed E-state index contributed by atoms with van der Waals surface area (Å²) in [6.07, 6.45) is 9.32. The molecule has 11 rings (SSSR count). The van der Waals surface area contributed by atoms with Crippen LogP contribution in [0.5, 0.6) is 0 Å². The molecule has 0 bridgehead atoms. The van der Waals surface area contributed by atoms with Crippen LogP contribution in [-0.2, 0) is 0 Å². The van der Waals surface area contributed by atoms with Crippen molar-refractivity contribution in [3.63, 3.8) is 0 Å². The maximum atomic E-state index is 6.57. The topological polar surface area (TPSA) is 65.0 Å². The Hall–Kier alpha value is -7.11. The Bertz CT molecular complexity index is 3130. The molecule has 0 fully saturated rings. The molecule has 5 heteroatoms. The van der Waals surface area contributed by atoms with E-state index < -0.39 is 0 Å². The van der Waals surface area contributed by atoms with E-state index in [9.17, 15) is 0 Å². The van der Waals surface area contributed by atoms with Crippen molar-refractivity contribution < 1.29 is 8.83 Å². The zero-order chi connectivity index (χ0) is 35.6. The highest BCUT2D eigenvalue weighted by Gasteiger charge is 2.22. The number of hydrogen-bond donors (Lipinski definition) is 0. The van der Waals surface area contributed by atoms with E-state index in [2.05, 4.69) is 146 Å². The van der Waals surface area contributed by atoms with Crippen LogP contribution in [0.2, 0.25) is 0 Å². The summed E-state index contributed by atoms with van der Waals surface area (Å²) in [5.41, 5.74) is 9.65. The average molecular weight is 694 g/mol. The van der Waals surface area contributed by atoms with Gasteiger partial charge in [0, 0.05) is 38.6 Å². The minimum Gasteiger partial charge on any atom is -0.456 e. The summed E-state index contributed by atoms with van der Waals surface area (Å²) in [7, 11) is 0. The fourth-order valence-electron chi connectivity index (χ4n) is 7.95.